The van der Waals surface area contributed by atoms with E-state index in [-0.39, 0.29) is 18.2 Å². The molecule has 3 N–H and O–H groups in total. The number of alkyl halides is 2. The molecule has 6 nitrogen and oxygen atoms in total. The Balaban J connectivity index is 1.83. The van der Waals surface area contributed by atoms with Gasteiger partial charge in [-0.25, -0.2) is 0 Å². The Hall–Kier alpha value is -3.00. The number of hydrogen-bond donors (Lipinski definition) is 2. The molecule has 0 bridgehead atoms. The van der Waals surface area contributed by atoms with Gasteiger partial charge >= 0.3 is 6.61 Å². The molecule has 0 heterocycles. The molecule has 0 atom stereocenters. The summed E-state index contributed by atoms with van der Waals surface area (Å²) >= 11 is 0. The first-order valence-corrected chi connectivity index (χ1v) is 7.75. The molecule has 0 saturated heterocycles. The lowest BCUT2D eigenvalue weighted by Crippen LogP contribution is -2.29. The summed E-state index contributed by atoms with van der Waals surface area (Å²) in [6.07, 6.45) is 0. The average Bonchev–Trinajstić information content (AvgIpc) is 2.56. The molecule has 8 heteroatoms. The van der Waals surface area contributed by atoms with E-state index in [1.807, 2.05) is 0 Å². The number of hydrogen-bond acceptors (Lipinski definition) is 4. The van der Waals surface area contributed by atoms with Crippen LogP contribution in [0.5, 0.6) is 5.75 Å². The van der Waals surface area contributed by atoms with Gasteiger partial charge < -0.3 is 15.8 Å². The molecule has 2 rings (SSSR count). The number of amides is 2. The minimum atomic E-state index is -2.86. The predicted octanol–water partition coefficient (Wildman–Crippen LogP) is 2.46. The van der Waals surface area contributed by atoms with Gasteiger partial charge in [0.05, 0.1) is 6.54 Å². The van der Waals surface area contributed by atoms with Gasteiger partial charge in [-0.3, -0.25) is 14.5 Å². The molecule has 0 aliphatic heterocycles. The standard InChI is InChI=1S/C18H19F2N3O3/c1-23(10-12-2-8-15(9-3-12)26-18(19)20)11-16(24)22-14-6-4-13(5-7-14)17(21)25/h2-9,18H,10-11H2,1H3,(H2,21,25)(H,22,24). The molecule has 0 unspecified atom stereocenters. The quantitative estimate of drug-likeness (QED) is 0.755. The first-order chi connectivity index (χ1) is 12.3. The van der Waals surface area contributed by atoms with E-state index in [1.165, 1.54) is 24.3 Å². The maximum absolute atomic E-state index is 12.1. The van der Waals surface area contributed by atoms with E-state index < -0.39 is 12.5 Å². The van der Waals surface area contributed by atoms with Crippen LogP contribution in [0.15, 0.2) is 48.5 Å². The van der Waals surface area contributed by atoms with Crippen LogP contribution in [0, 0.1) is 0 Å². The minimum absolute atomic E-state index is 0.0866. The second kappa shape index (κ2) is 8.91. The zero-order chi connectivity index (χ0) is 19.1. The highest BCUT2D eigenvalue weighted by Crippen LogP contribution is 2.16. The van der Waals surface area contributed by atoms with Crippen LogP contribution in [0.1, 0.15) is 15.9 Å². The fourth-order valence-electron chi connectivity index (χ4n) is 2.31. The van der Waals surface area contributed by atoms with Crippen molar-refractivity contribution in [2.45, 2.75) is 13.2 Å². The fraction of sp³-hybridized carbons (Fsp3) is 0.222. The van der Waals surface area contributed by atoms with Crippen molar-refractivity contribution in [3.63, 3.8) is 0 Å². The van der Waals surface area contributed by atoms with E-state index in [0.29, 0.717) is 17.8 Å². The fourth-order valence-corrected chi connectivity index (χ4v) is 2.31. The van der Waals surface area contributed by atoms with Gasteiger partial charge in [-0.2, -0.15) is 8.78 Å². The molecule has 0 fully saturated rings. The highest BCUT2D eigenvalue weighted by Gasteiger charge is 2.09. The number of primary amides is 1. The van der Waals surface area contributed by atoms with Gasteiger partial charge in [0.15, 0.2) is 0 Å². The number of halogens is 2. The lowest BCUT2D eigenvalue weighted by molar-refractivity contribution is -0.117. The van der Waals surface area contributed by atoms with Crippen molar-refractivity contribution < 1.29 is 23.1 Å². The topological polar surface area (TPSA) is 84.7 Å². The van der Waals surface area contributed by atoms with E-state index in [1.54, 1.807) is 36.2 Å². The number of ether oxygens (including phenoxy) is 1. The number of likely N-dealkylation sites (N-methyl/N-ethyl adjacent to an activating group) is 1. The summed E-state index contributed by atoms with van der Waals surface area (Å²) in [6, 6.07) is 12.5. The average molecular weight is 363 g/mol. The van der Waals surface area contributed by atoms with Gasteiger partial charge in [0.2, 0.25) is 11.8 Å². The highest BCUT2D eigenvalue weighted by atomic mass is 19.3. The number of benzene rings is 2. The van der Waals surface area contributed by atoms with Gasteiger partial charge in [-0.1, -0.05) is 12.1 Å². The molecular weight excluding hydrogens is 344 g/mol. The Kier molecular flexibility index (Phi) is 6.62. The summed E-state index contributed by atoms with van der Waals surface area (Å²) < 4.78 is 28.5. The van der Waals surface area contributed by atoms with Gasteiger partial charge in [0, 0.05) is 17.8 Å². The molecule has 26 heavy (non-hydrogen) atoms. The van der Waals surface area contributed by atoms with E-state index in [9.17, 15) is 18.4 Å². The lowest BCUT2D eigenvalue weighted by atomic mass is 10.2. The Morgan fingerprint density at radius 2 is 1.73 bits per heavy atom. The van der Waals surface area contributed by atoms with Crippen LogP contribution in [-0.4, -0.2) is 36.9 Å². The molecule has 138 valence electrons. The summed E-state index contributed by atoms with van der Waals surface area (Å²) in [5, 5.41) is 2.72. The van der Waals surface area contributed by atoms with Gasteiger partial charge in [-0.05, 0) is 49.0 Å². The smallest absolute Gasteiger partial charge is 0.387 e. The van der Waals surface area contributed by atoms with E-state index in [0.717, 1.165) is 5.56 Å². The maximum atomic E-state index is 12.1. The highest BCUT2D eigenvalue weighted by molar-refractivity contribution is 5.95. The van der Waals surface area contributed by atoms with Crippen LogP contribution < -0.4 is 15.8 Å². The second-order valence-corrected chi connectivity index (χ2v) is 5.68. The normalized spacial score (nSPS) is 10.8. The first kappa shape index (κ1) is 19.3. The summed E-state index contributed by atoms with van der Waals surface area (Å²) in [5.41, 5.74) is 6.93. The molecule has 0 spiro atoms. The van der Waals surface area contributed by atoms with Crippen LogP contribution in [-0.2, 0) is 11.3 Å². The number of carbonyl (C=O) groups excluding carboxylic acids is 2. The number of anilines is 1. The molecule has 0 aliphatic rings. The molecule has 0 saturated carbocycles. The molecular formula is C18H19F2N3O3. The van der Waals surface area contributed by atoms with Crippen LogP contribution >= 0.6 is 0 Å². The lowest BCUT2D eigenvalue weighted by Gasteiger charge is -2.16. The molecule has 2 aromatic carbocycles. The molecule has 2 aromatic rings. The maximum Gasteiger partial charge on any atom is 0.387 e. The zero-order valence-electron chi connectivity index (χ0n) is 14.1. The Labute approximate surface area is 149 Å². The van der Waals surface area contributed by atoms with Crippen LogP contribution in [0.25, 0.3) is 0 Å². The second-order valence-electron chi connectivity index (χ2n) is 5.68. The third-order valence-electron chi connectivity index (χ3n) is 3.47. The third kappa shape index (κ3) is 6.14. The van der Waals surface area contributed by atoms with Gasteiger partial charge in [0.1, 0.15) is 5.75 Å². The summed E-state index contributed by atoms with van der Waals surface area (Å²) in [7, 11) is 1.76. The van der Waals surface area contributed by atoms with Crippen LogP contribution in [0.3, 0.4) is 0 Å². The number of rotatable bonds is 8. The van der Waals surface area contributed by atoms with Crippen molar-refractivity contribution in [3.05, 3.63) is 59.7 Å². The molecule has 0 aliphatic carbocycles. The zero-order valence-corrected chi connectivity index (χ0v) is 14.1. The summed E-state index contributed by atoms with van der Waals surface area (Å²) in [4.78, 5) is 24.8. The largest absolute Gasteiger partial charge is 0.435 e. The Bertz CT molecular complexity index is 749. The van der Waals surface area contributed by atoms with E-state index in [4.69, 9.17) is 5.73 Å². The van der Waals surface area contributed by atoms with Gasteiger partial charge in [-0.15, -0.1) is 0 Å². The number of nitrogens with zero attached hydrogens (tertiary/aromatic N) is 1. The van der Waals surface area contributed by atoms with Crippen LogP contribution in [0.2, 0.25) is 0 Å². The van der Waals surface area contributed by atoms with Crippen molar-refractivity contribution in [2.75, 3.05) is 18.9 Å². The Morgan fingerprint density at radius 1 is 1.12 bits per heavy atom. The van der Waals surface area contributed by atoms with Gasteiger partial charge in [0.25, 0.3) is 0 Å². The number of carbonyl (C=O) groups is 2. The third-order valence-corrected chi connectivity index (χ3v) is 3.47. The molecule has 2 amide bonds. The van der Waals surface area contributed by atoms with Crippen molar-refractivity contribution in [1.82, 2.24) is 4.90 Å². The van der Waals surface area contributed by atoms with Crippen molar-refractivity contribution >= 4 is 17.5 Å². The summed E-state index contributed by atoms with van der Waals surface area (Å²) in [6.45, 7) is -2.26. The van der Waals surface area contributed by atoms with Crippen molar-refractivity contribution in [3.8, 4) is 5.75 Å². The van der Waals surface area contributed by atoms with E-state index >= 15 is 0 Å². The first-order valence-electron chi connectivity index (χ1n) is 7.75. The van der Waals surface area contributed by atoms with Crippen molar-refractivity contribution in [1.29, 1.82) is 0 Å². The Morgan fingerprint density at radius 3 is 2.27 bits per heavy atom. The minimum Gasteiger partial charge on any atom is -0.435 e. The monoisotopic (exact) mass is 363 g/mol. The van der Waals surface area contributed by atoms with Crippen LogP contribution in [0.4, 0.5) is 14.5 Å². The number of nitrogens with one attached hydrogen (secondary N) is 1. The van der Waals surface area contributed by atoms with E-state index in [2.05, 4.69) is 10.1 Å². The van der Waals surface area contributed by atoms with Crippen molar-refractivity contribution in [2.24, 2.45) is 5.73 Å². The SMILES string of the molecule is CN(CC(=O)Nc1ccc(C(N)=O)cc1)Cc1ccc(OC(F)F)cc1. The summed E-state index contributed by atoms with van der Waals surface area (Å²) in [5.74, 6) is -0.673. The number of nitrogens with two attached hydrogens (primary N) is 1. The molecule has 0 radical (unpaired) electrons. The predicted molar refractivity (Wildman–Crippen MR) is 93.0 cm³/mol. The molecule has 0 aromatic heterocycles.